The molecule has 1 N–H and O–H groups in total. The van der Waals surface area contributed by atoms with E-state index in [1.54, 1.807) is 0 Å². The summed E-state index contributed by atoms with van der Waals surface area (Å²) in [6, 6.07) is 12.0. The van der Waals surface area contributed by atoms with E-state index < -0.39 is 0 Å². The third-order valence-electron chi connectivity index (χ3n) is 4.68. The predicted octanol–water partition coefficient (Wildman–Crippen LogP) is 4.19. The largest absolute Gasteiger partial charge is 0.493 e. The molecular formula is C19H18BrNO2. The molecule has 2 aromatic carbocycles. The summed E-state index contributed by atoms with van der Waals surface area (Å²) >= 11 is 3.49. The molecule has 0 bridgehead atoms. The van der Waals surface area contributed by atoms with Crippen LogP contribution in [0.4, 0.5) is 0 Å². The molecule has 4 rings (SSSR count). The van der Waals surface area contributed by atoms with Crippen molar-refractivity contribution in [3.05, 3.63) is 63.1 Å². The average Bonchev–Trinajstić information content (AvgIpc) is 3.03. The van der Waals surface area contributed by atoms with E-state index in [9.17, 15) is 4.79 Å². The zero-order chi connectivity index (χ0) is 15.8. The van der Waals surface area contributed by atoms with E-state index in [4.69, 9.17) is 4.74 Å². The second-order valence-corrected chi connectivity index (χ2v) is 7.10. The van der Waals surface area contributed by atoms with Crippen molar-refractivity contribution in [2.24, 2.45) is 0 Å². The zero-order valence-electron chi connectivity index (χ0n) is 12.8. The standard InChI is InChI=1S/C19H18BrNO2/c20-15-6-7-18-16(11-15)17(8-9-23-18)21-19(22)14-5-4-12-2-1-3-13(12)10-14/h4-7,10-11,17H,1-3,8-9H2,(H,21,22). The molecule has 0 radical (unpaired) electrons. The van der Waals surface area contributed by atoms with Gasteiger partial charge in [-0.05, 0) is 60.7 Å². The second-order valence-electron chi connectivity index (χ2n) is 6.18. The van der Waals surface area contributed by atoms with Crippen LogP contribution in [0, 0.1) is 0 Å². The molecule has 1 aliphatic heterocycles. The smallest absolute Gasteiger partial charge is 0.251 e. The van der Waals surface area contributed by atoms with Gasteiger partial charge in [0.05, 0.1) is 12.6 Å². The van der Waals surface area contributed by atoms with E-state index in [1.807, 2.05) is 24.3 Å². The number of carbonyl (C=O) groups is 1. The van der Waals surface area contributed by atoms with Crippen molar-refractivity contribution in [1.82, 2.24) is 5.32 Å². The molecule has 3 nitrogen and oxygen atoms in total. The summed E-state index contributed by atoms with van der Waals surface area (Å²) in [6.07, 6.45) is 4.21. The number of aryl methyl sites for hydroxylation is 2. The lowest BCUT2D eigenvalue weighted by molar-refractivity contribution is 0.0924. The van der Waals surface area contributed by atoms with E-state index in [-0.39, 0.29) is 11.9 Å². The molecule has 2 aliphatic rings. The maximum atomic E-state index is 12.6. The number of nitrogens with one attached hydrogen (secondary N) is 1. The van der Waals surface area contributed by atoms with E-state index in [0.717, 1.165) is 40.6 Å². The van der Waals surface area contributed by atoms with Crippen LogP contribution in [-0.2, 0) is 12.8 Å². The minimum absolute atomic E-state index is 0.00229. The van der Waals surface area contributed by atoms with Gasteiger partial charge < -0.3 is 10.1 Å². The first-order chi connectivity index (χ1) is 11.2. The summed E-state index contributed by atoms with van der Waals surface area (Å²) in [7, 11) is 0. The summed E-state index contributed by atoms with van der Waals surface area (Å²) in [5, 5.41) is 3.17. The van der Waals surface area contributed by atoms with Crippen molar-refractivity contribution in [1.29, 1.82) is 0 Å². The van der Waals surface area contributed by atoms with Crippen LogP contribution in [0.5, 0.6) is 5.75 Å². The van der Waals surface area contributed by atoms with Crippen LogP contribution >= 0.6 is 15.9 Å². The first-order valence-corrected chi connectivity index (χ1v) is 8.85. The van der Waals surface area contributed by atoms with Crippen LogP contribution in [0.25, 0.3) is 0 Å². The van der Waals surface area contributed by atoms with Crippen molar-refractivity contribution in [2.45, 2.75) is 31.7 Å². The van der Waals surface area contributed by atoms with Crippen molar-refractivity contribution < 1.29 is 9.53 Å². The number of carbonyl (C=O) groups excluding carboxylic acids is 1. The monoisotopic (exact) mass is 371 g/mol. The molecule has 2 aromatic rings. The van der Waals surface area contributed by atoms with E-state index in [2.05, 4.69) is 33.4 Å². The Morgan fingerprint density at radius 1 is 1.13 bits per heavy atom. The molecule has 0 aromatic heterocycles. The topological polar surface area (TPSA) is 38.3 Å². The Bertz CT molecular complexity index is 772. The Labute approximate surface area is 144 Å². The maximum absolute atomic E-state index is 12.6. The maximum Gasteiger partial charge on any atom is 0.251 e. The number of hydrogen-bond donors (Lipinski definition) is 1. The molecule has 1 amide bonds. The quantitative estimate of drug-likeness (QED) is 0.859. The number of amides is 1. The summed E-state index contributed by atoms with van der Waals surface area (Å²) < 4.78 is 6.68. The molecule has 1 heterocycles. The van der Waals surface area contributed by atoms with Crippen LogP contribution in [0.15, 0.2) is 40.9 Å². The first kappa shape index (κ1) is 14.8. The highest BCUT2D eigenvalue weighted by atomic mass is 79.9. The Hall–Kier alpha value is -1.81. The Kier molecular flexibility index (Phi) is 3.85. The summed E-state index contributed by atoms with van der Waals surface area (Å²) in [4.78, 5) is 12.6. The third-order valence-corrected chi connectivity index (χ3v) is 5.17. The molecule has 4 heteroatoms. The number of hydrogen-bond acceptors (Lipinski definition) is 2. The fourth-order valence-corrected chi connectivity index (χ4v) is 3.85. The number of halogens is 1. The zero-order valence-corrected chi connectivity index (χ0v) is 14.4. The van der Waals surface area contributed by atoms with Crippen LogP contribution in [-0.4, -0.2) is 12.5 Å². The molecule has 0 saturated carbocycles. The van der Waals surface area contributed by atoms with Gasteiger partial charge in [0.2, 0.25) is 0 Å². The van der Waals surface area contributed by atoms with Gasteiger partial charge in [0, 0.05) is 22.0 Å². The van der Waals surface area contributed by atoms with Crippen molar-refractivity contribution in [3.8, 4) is 5.75 Å². The normalized spacial score (nSPS) is 18.7. The lowest BCUT2D eigenvalue weighted by Gasteiger charge is -2.27. The fraction of sp³-hybridized carbons (Fsp3) is 0.316. The highest BCUT2D eigenvalue weighted by molar-refractivity contribution is 9.10. The Morgan fingerprint density at radius 3 is 2.91 bits per heavy atom. The molecule has 0 spiro atoms. The summed E-state index contributed by atoms with van der Waals surface area (Å²) in [5.74, 6) is 0.858. The van der Waals surface area contributed by atoms with Crippen LogP contribution in [0.3, 0.4) is 0 Å². The molecule has 0 fully saturated rings. The van der Waals surface area contributed by atoms with E-state index >= 15 is 0 Å². The molecule has 0 saturated heterocycles. The van der Waals surface area contributed by atoms with Crippen LogP contribution in [0.1, 0.15) is 45.9 Å². The highest BCUT2D eigenvalue weighted by Gasteiger charge is 2.24. The van der Waals surface area contributed by atoms with Gasteiger partial charge in [0.15, 0.2) is 0 Å². The number of ether oxygens (including phenoxy) is 1. The van der Waals surface area contributed by atoms with Gasteiger partial charge in [0.25, 0.3) is 5.91 Å². The summed E-state index contributed by atoms with van der Waals surface area (Å²) in [6.45, 7) is 0.629. The minimum Gasteiger partial charge on any atom is -0.493 e. The summed E-state index contributed by atoms with van der Waals surface area (Å²) in [5.41, 5.74) is 4.52. The van der Waals surface area contributed by atoms with Gasteiger partial charge in [-0.1, -0.05) is 22.0 Å². The molecular weight excluding hydrogens is 354 g/mol. The third kappa shape index (κ3) is 2.88. The number of fused-ring (bicyclic) bond motifs is 2. The second kappa shape index (κ2) is 6.00. The van der Waals surface area contributed by atoms with E-state index in [0.29, 0.717) is 6.61 Å². The van der Waals surface area contributed by atoms with Gasteiger partial charge in [-0.3, -0.25) is 4.79 Å². The van der Waals surface area contributed by atoms with Crippen LogP contribution < -0.4 is 10.1 Å². The van der Waals surface area contributed by atoms with Crippen molar-refractivity contribution in [2.75, 3.05) is 6.61 Å². The van der Waals surface area contributed by atoms with Gasteiger partial charge in [-0.2, -0.15) is 0 Å². The molecule has 118 valence electrons. The fourth-order valence-electron chi connectivity index (χ4n) is 3.47. The minimum atomic E-state index is -0.00277. The predicted molar refractivity (Wildman–Crippen MR) is 92.9 cm³/mol. The van der Waals surface area contributed by atoms with Gasteiger partial charge in [-0.25, -0.2) is 0 Å². The average molecular weight is 372 g/mol. The van der Waals surface area contributed by atoms with E-state index in [1.165, 1.54) is 17.5 Å². The molecule has 1 aliphatic carbocycles. The molecule has 1 atom stereocenters. The highest BCUT2D eigenvalue weighted by Crippen LogP contribution is 2.34. The van der Waals surface area contributed by atoms with Crippen LogP contribution in [0.2, 0.25) is 0 Å². The van der Waals surface area contributed by atoms with Gasteiger partial charge in [-0.15, -0.1) is 0 Å². The lowest BCUT2D eigenvalue weighted by atomic mass is 9.99. The van der Waals surface area contributed by atoms with Gasteiger partial charge in [0.1, 0.15) is 5.75 Å². The first-order valence-electron chi connectivity index (χ1n) is 8.05. The van der Waals surface area contributed by atoms with Gasteiger partial charge >= 0.3 is 0 Å². The number of benzene rings is 2. The molecule has 23 heavy (non-hydrogen) atoms. The lowest BCUT2D eigenvalue weighted by Crippen LogP contribution is -2.32. The Morgan fingerprint density at radius 2 is 2.00 bits per heavy atom. The Balaban J connectivity index is 1.57. The van der Waals surface area contributed by atoms with Crippen molar-refractivity contribution >= 4 is 21.8 Å². The van der Waals surface area contributed by atoms with Crippen molar-refractivity contribution in [3.63, 3.8) is 0 Å². The molecule has 1 unspecified atom stereocenters. The number of rotatable bonds is 2. The SMILES string of the molecule is O=C(NC1CCOc2ccc(Br)cc21)c1ccc2c(c1)CCC2.